The van der Waals surface area contributed by atoms with Crippen molar-refractivity contribution in [1.29, 1.82) is 0 Å². The van der Waals surface area contributed by atoms with Gasteiger partial charge in [0.25, 0.3) is 0 Å². The number of amides is 2. The molecule has 2 heterocycles. The van der Waals surface area contributed by atoms with Gasteiger partial charge >= 0.3 is 6.03 Å². The minimum absolute atomic E-state index is 0.0438. The van der Waals surface area contributed by atoms with E-state index >= 15 is 0 Å². The number of hydrogen-bond donors (Lipinski definition) is 3. The molecule has 1 unspecified atom stereocenters. The van der Waals surface area contributed by atoms with Crippen molar-refractivity contribution in [2.45, 2.75) is 6.29 Å². The second kappa shape index (κ2) is 3.91. The van der Waals surface area contributed by atoms with Crippen molar-refractivity contribution < 1.29 is 9.53 Å². The van der Waals surface area contributed by atoms with E-state index < -0.39 is 0 Å². The van der Waals surface area contributed by atoms with Crippen LogP contribution in [0.25, 0.3) is 0 Å². The van der Waals surface area contributed by atoms with Gasteiger partial charge in [-0.05, 0) is 0 Å². The first-order chi connectivity index (χ1) is 6.36. The second-order valence-electron chi connectivity index (χ2n) is 3.08. The topological polar surface area (TPSA) is 65.6 Å². The molecule has 0 aliphatic carbocycles. The van der Waals surface area contributed by atoms with E-state index in [1.165, 1.54) is 0 Å². The van der Waals surface area contributed by atoms with Gasteiger partial charge in [-0.1, -0.05) is 0 Å². The maximum Gasteiger partial charge on any atom is 0.318 e. The average Bonchev–Trinajstić information content (AvgIpc) is 2.19. The maximum absolute atomic E-state index is 11.0. The highest BCUT2D eigenvalue weighted by Gasteiger charge is 2.24. The molecule has 0 spiro atoms. The second-order valence-corrected chi connectivity index (χ2v) is 3.08. The Kier molecular flexibility index (Phi) is 2.62. The zero-order valence-electron chi connectivity index (χ0n) is 7.38. The Morgan fingerprint density at radius 1 is 1.38 bits per heavy atom. The van der Waals surface area contributed by atoms with Gasteiger partial charge in [0.2, 0.25) is 0 Å². The molecule has 0 aromatic carbocycles. The summed E-state index contributed by atoms with van der Waals surface area (Å²) in [5.74, 6) is 0. The number of nitrogens with zero attached hydrogens (tertiary/aromatic N) is 1. The van der Waals surface area contributed by atoms with Crippen LogP contribution < -0.4 is 16.0 Å². The first-order valence-corrected chi connectivity index (χ1v) is 4.46. The van der Waals surface area contributed by atoms with Crippen LogP contribution in [-0.2, 0) is 4.74 Å². The Morgan fingerprint density at radius 3 is 2.85 bits per heavy atom. The summed E-state index contributed by atoms with van der Waals surface area (Å²) in [5, 5.41) is 8.57. The van der Waals surface area contributed by atoms with E-state index in [0.717, 1.165) is 26.3 Å². The number of rotatable bonds is 1. The first-order valence-electron chi connectivity index (χ1n) is 4.46. The van der Waals surface area contributed by atoms with Gasteiger partial charge in [-0.3, -0.25) is 10.2 Å². The Morgan fingerprint density at radius 2 is 2.15 bits per heavy atom. The van der Waals surface area contributed by atoms with Crippen molar-refractivity contribution in [2.24, 2.45) is 0 Å². The summed E-state index contributed by atoms with van der Waals surface area (Å²) in [6, 6.07) is -0.116. The molecule has 0 radical (unpaired) electrons. The van der Waals surface area contributed by atoms with Gasteiger partial charge in [0.1, 0.15) is 6.29 Å². The number of hydrogen-bond acceptors (Lipinski definition) is 4. The molecule has 2 saturated heterocycles. The summed E-state index contributed by atoms with van der Waals surface area (Å²) in [4.78, 5) is 13.2. The molecule has 1 atom stereocenters. The molecular weight excluding hydrogens is 172 g/mol. The summed E-state index contributed by atoms with van der Waals surface area (Å²) >= 11 is 0. The van der Waals surface area contributed by atoms with Crippen molar-refractivity contribution in [3.63, 3.8) is 0 Å². The summed E-state index contributed by atoms with van der Waals surface area (Å²) in [7, 11) is 0. The van der Waals surface area contributed by atoms with Crippen LogP contribution in [0.4, 0.5) is 4.79 Å². The van der Waals surface area contributed by atoms with E-state index in [9.17, 15) is 4.79 Å². The van der Waals surface area contributed by atoms with E-state index in [4.69, 9.17) is 4.74 Å². The lowest BCUT2D eigenvalue weighted by molar-refractivity contribution is -0.000350. The number of morpholine rings is 1. The van der Waals surface area contributed by atoms with E-state index in [2.05, 4.69) is 20.9 Å². The lowest BCUT2D eigenvalue weighted by Crippen LogP contribution is -2.66. The van der Waals surface area contributed by atoms with Crippen molar-refractivity contribution in [1.82, 2.24) is 20.9 Å². The SMILES string of the molecule is O=C1NCNC(N2CCOCC2)N1. The minimum Gasteiger partial charge on any atom is -0.379 e. The fourth-order valence-corrected chi connectivity index (χ4v) is 1.51. The molecule has 2 amide bonds. The predicted molar refractivity (Wildman–Crippen MR) is 45.9 cm³/mol. The van der Waals surface area contributed by atoms with Gasteiger partial charge in [-0.15, -0.1) is 0 Å². The van der Waals surface area contributed by atoms with E-state index in [-0.39, 0.29) is 12.3 Å². The molecule has 0 aromatic rings. The summed E-state index contributed by atoms with van der Waals surface area (Å²) in [6.45, 7) is 3.71. The first kappa shape index (κ1) is 8.74. The van der Waals surface area contributed by atoms with Crippen LogP contribution in [0.1, 0.15) is 0 Å². The monoisotopic (exact) mass is 186 g/mol. The normalized spacial score (nSPS) is 30.8. The van der Waals surface area contributed by atoms with Gasteiger partial charge in [0.05, 0.1) is 19.9 Å². The molecule has 2 aliphatic heterocycles. The van der Waals surface area contributed by atoms with Crippen molar-refractivity contribution in [3.8, 4) is 0 Å². The Balaban J connectivity index is 1.87. The number of carbonyl (C=O) groups is 1. The standard InChI is InChI=1S/C7H14N4O2/c12-7-9-5-8-6(10-7)11-1-3-13-4-2-11/h6,8H,1-5H2,(H2,9,10,12). The molecular formula is C7H14N4O2. The number of carbonyl (C=O) groups excluding carboxylic acids is 1. The fraction of sp³-hybridized carbons (Fsp3) is 0.857. The van der Waals surface area contributed by atoms with Gasteiger partial charge in [0, 0.05) is 13.1 Å². The zero-order valence-corrected chi connectivity index (χ0v) is 7.38. The molecule has 13 heavy (non-hydrogen) atoms. The molecule has 2 fully saturated rings. The molecule has 0 aromatic heterocycles. The fourth-order valence-electron chi connectivity index (χ4n) is 1.51. The third-order valence-electron chi connectivity index (χ3n) is 2.22. The zero-order chi connectivity index (χ0) is 9.10. The lowest BCUT2D eigenvalue weighted by Gasteiger charge is -2.37. The molecule has 0 saturated carbocycles. The molecule has 6 heteroatoms. The third-order valence-corrected chi connectivity index (χ3v) is 2.22. The maximum atomic E-state index is 11.0. The van der Waals surface area contributed by atoms with Gasteiger partial charge in [-0.2, -0.15) is 0 Å². The van der Waals surface area contributed by atoms with E-state index in [1.54, 1.807) is 0 Å². The number of nitrogens with one attached hydrogen (secondary N) is 3. The highest BCUT2D eigenvalue weighted by molar-refractivity contribution is 5.74. The van der Waals surface area contributed by atoms with E-state index in [1.807, 2.05) is 0 Å². The average molecular weight is 186 g/mol. The molecule has 2 aliphatic rings. The highest BCUT2D eigenvalue weighted by atomic mass is 16.5. The summed E-state index contributed by atoms with van der Waals surface area (Å²) in [5.41, 5.74) is 0. The number of urea groups is 1. The van der Waals surface area contributed by atoms with Crippen molar-refractivity contribution in [3.05, 3.63) is 0 Å². The van der Waals surface area contributed by atoms with Crippen LogP contribution in [0.15, 0.2) is 0 Å². The van der Waals surface area contributed by atoms with Crippen LogP contribution in [0.2, 0.25) is 0 Å². The van der Waals surface area contributed by atoms with Crippen LogP contribution in [0, 0.1) is 0 Å². The smallest absolute Gasteiger partial charge is 0.318 e. The van der Waals surface area contributed by atoms with E-state index in [0.29, 0.717) is 6.67 Å². The van der Waals surface area contributed by atoms with Crippen LogP contribution in [0.5, 0.6) is 0 Å². The largest absolute Gasteiger partial charge is 0.379 e. The Hall–Kier alpha value is -0.850. The molecule has 3 N–H and O–H groups in total. The quantitative estimate of drug-likeness (QED) is 0.464. The lowest BCUT2D eigenvalue weighted by atomic mass is 10.4. The molecule has 0 bridgehead atoms. The highest BCUT2D eigenvalue weighted by Crippen LogP contribution is 2.00. The molecule has 74 valence electrons. The van der Waals surface area contributed by atoms with Crippen LogP contribution in [-0.4, -0.2) is 50.2 Å². The third kappa shape index (κ3) is 2.09. The van der Waals surface area contributed by atoms with Crippen molar-refractivity contribution >= 4 is 6.03 Å². The van der Waals surface area contributed by atoms with Gasteiger partial charge < -0.3 is 15.4 Å². The summed E-state index contributed by atoms with van der Waals surface area (Å²) in [6.07, 6.45) is -0.0438. The van der Waals surface area contributed by atoms with Gasteiger partial charge in [0.15, 0.2) is 0 Å². The van der Waals surface area contributed by atoms with Crippen LogP contribution >= 0.6 is 0 Å². The van der Waals surface area contributed by atoms with Crippen LogP contribution in [0.3, 0.4) is 0 Å². The Labute approximate surface area is 76.6 Å². The molecule has 2 rings (SSSR count). The summed E-state index contributed by atoms with van der Waals surface area (Å²) < 4.78 is 5.22. The predicted octanol–water partition coefficient (Wildman–Crippen LogP) is -1.54. The minimum atomic E-state index is -0.116. The van der Waals surface area contributed by atoms with Crippen molar-refractivity contribution in [2.75, 3.05) is 33.0 Å². The molecule has 6 nitrogen and oxygen atoms in total. The Bertz CT molecular complexity index is 193. The van der Waals surface area contributed by atoms with Gasteiger partial charge in [-0.25, -0.2) is 4.79 Å². The number of ether oxygens (including phenoxy) is 1.